The van der Waals surface area contributed by atoms with E-state index in [4.69, 9.17) is 25.6 Å². The number of hydrogen-bond donors (Lipinski definition) is 0. The van der Waals surface area contributed by atoms with E-state index in [-0.39, 0.29) is 24.8 Å². The van der Waals surface area contributed by atoms with Crippen molar-refractivity contribution in [2.45, 2.75) is 0 Å². The molecule has 0 spiro atoms. The fraction of sp³-hybridized carbons (Fsp3) is 0.250. The molecule has 0 saturated carbocycles. The second kappa shape index (κ2) is 12.0. The quantitative estimate of drug-likeness (QED) is 0.424. The zero-order chi connectivity index (χ0) is 16.7. The largest absolute Gasteiger partial charge is 1.00 e. The van der Waals surface area contributed by atoms with Crippen molar-refractivity contribution in [3.05, 3.63) is 36.4 Å². The summed E-state index contributed by atoms with van der Waals surface area (Å²) in [5.74, 6) is 3.82. The third-order valence-electron chi connectivity index (χ3n) is 3.04. The molecule has 0 fully saturated rings. The molecule has 0 N–H and O–H groups in total. The molecule has 2 aromatic carbocycles. The standard InChI is InChI=1S/2C8H10O3.2ClH.Ti/c2*1-10-6-3-4-7(9)8(5-6)11-2;;;/h2*3-5,9H,1-2H3;2*1H;/q;;;;+4/p-4. The van der Waals surface area contributed by atoms with Gasteiger partial charge in [0.15, 0.2) is 0 Å². The molecule has 0 aliphatic rings. The second-order valence-corrected chi connectivity index (χ2v) is 5.22. The predicted molar refractivity (Wildman–Crippen MR) is 80.3 cm³/mol. The monoisotopic (exact) mass is 424 g/mol. The topological polar surface area (TPSA) is 55.4 Å². The maximum atomic E-state index is 5.72. The van der Waals surface area contributed by atoms with E-state index >= 15 is 0 Å². The minimum atomic E-state index is -1.19. The van der Waals surface area contributed by atoms with E-state index in [2.05, 4.69) is 0 Å². The minimum absolute atomic E-state index is 0. The van der Waals surface area contributed by atoms with Gasteiger partial charge in [-0.3, -0.25) is 0 Å². The van der Waals surface area contributed by atoms with Crippen LogP contribution in [0.3, 0.4) is 0 Å². The third-order valence-corrected chi connectivity index (χ3v) is 3.99. The number of benzene rings is 2. The van der Waals surface area contributed by atoms with Gasteiger partial charge in [-0.25, -0.2) is 0 Å². The molecule has 0 atom stereocenters. The van der Waals surface area contributed by atoms with Crippen LogP contribution in [0, 0.1) is 0 Å². The maximum absolute atomic E-state index is 5.72. The zero-order valence-electron chi connectivity index (χ0n) is 14.2. The van der Waals surface area contributed by atoms with Gasteiger partial charge in [-0.1, -0.05) is 0 Å². The van der Waals surface area contributed by atoms with Crippen LogP contribution < -0.4 is 50.4 Å². The van der Waals surface area contributed by atoms with E-state index in [9.17, 15) is 0 Å². The van der Waals surface area contributed by atoms with E-state index < -0.39 is 19.9 Å². The fourth-order valence-electron chi connectivity index (χ4n) is 1.83. The van der Waals surface area contributed by atoms with Crippen molar-refractivity contribution < 1.29 is 70.3 Å². The van der Waals surface area contributed by atoms with Crippen LogP contribution in [0.1, 0.15) is 0 Å². The van der Waals surface area contributed by atoms with Crippen molar-refractivity contribution in [2.24, 2.45) is 0 Å². The first kappa shape index (κ1) is 23.5. The van der Waals surface area contributed by atoms with E-state index in [1.807, 2.05) is 0 Å². The molecule has 136 valence electrons. The van der Waals surface area contributed by atoms with Crippen LogP contribution in [-0.4, -0.2) is 28.4 Å². The molecule has 9 heteroatoms. The Morgan fingerprint density at radius 1 is 0.560 bits per heavy atom. The van der Waals surface area contributed by atoms with Gasteiger partial charge in [0.2, 0.25) is 0 Å². The fourth-order valence-corrected chi connectivity index (χ4v) is 2.70. The first-order valence-electron chi connectivity index (χ1n) is 6.74. The van der Waals surface area contributed by atoms with Crippen molar-refractivity contribution in [3.8, 4) is 34.5 Å². The summed E-state index contributed by atoms with van der Waals surface area (Å²) < 4.78 is 32.3. The van der Waals surface area contributed by atoms with Crippen LogP contribution in [0.25, 0.3) is 0 Å². The summed E-state index contributed by atoms with van der Waals surface area (Å²) >= 11 is -1.19. The Labute approximate surface area is 169 Å². The summed E-state index contributed by atoms with van der Waals surface area (Å²) in [5.41, 5.74) is 0. The molecular formula is C16H18Cl2O6Ti. The molecule has 0 amide bonds. The van der Waals surface area contributed by atoms with Gasteiger partial charge in [-0.2, -0.15) is 0 Å². The maximum Gasteiger partial charge on any atom is -1.00 e. The van der Waals surface area contributed by atoms with E-state index in [1.165, 1.54) is 0 Å². The van der Waals surface area contributed by atoms with Gasteiger partial charge in [0.05, 0.1) is 0 Å². The molecule has 0 aliphatic carbocycles. The molecule has 2 aromatic rings. The van der Waals surface area contributed by atoms with Crippen LogP contribution >= 0.6 is 0 Å². The van der Waals surface area contributed by atoms with Gasteiger partial charge >= 0.3 is 145 Å². The number of halogens is 2. The van der Waals surface area contributed by atoms with E-state index in [0.29, 0.717) is 34.5 Å². The summed E-state index contributed by atoms with van der Waals surface area (Å²) in [7, 11) is 6.36. The minimum Gasteiger partial charge on any atom is -1.00 e. The third kappa shape index (κ3) is 6.40. The summed E-state index contributed by atoms with van der Waals surface area (Å²) in [4.78, 5) is 0. The molecule has 0 aromatic heterocycles. The van der Waals surface area contributed by atoms with E-state index in [0.717, 1.165) is 0 Å². The van der Waals surface area contributed by atoms with Crippen LogP contribution in [-0.2, 0) is 19.9 Å². The molecule has 25 heavy (non-hydrogen) atoms. The molecule has 6 nitrogen and oxygen atoms in total. The molecule has 0 aliphatic heterocycles. The van der Waals surface area contributed by atoms with Crippen molar-refractivity contribution in [1.82, 2.24) is 0 Å². The van der Waals surface area contributed by atoms with Crippen molar-refractivity contribution in [1.29, 1.82) is 0 Å². The van der Waals surface area contributed by atoms with Crippen molar-refractivity contribution in [2.75, 3.05) is 28.4 Å². The summed E-state index contributed by atoms with van der Waals surface area (Å²) in [5, 5.41) is 0. The Morgan fingerprint density at radius 2 is 0.960 bits per heavy atom. The number of hydrogen-bond acceptors (Lipinski definition) is 6. The second-order valence-electron chi connectivity index (χ2n) is 4.32. The Bertz CT molecular complexity index is 601. The van der Waals surface area contributed by atoms with Gasteiger partial charge in [-0.05, 0) is 0 Å². The van der Waals surface area contributed by atoms with Gasteiger partial charge in [0.25, 0.3) is 0 Å². The molecular weight excluding hydrogens is 407 g/mol. The first-order valence-corrected chi connectivity index (χ1v) is 8.02. The average molecular weight is 425 g/mol. The van der Waals surface area contributed by atoms with Gasteiger partial charge < -0.3 is 24.8 Å². The SMILES string of the molecule is COc1ccc([O][Ti+2][O]c2ccc(OC)cc2OC)c(OC)c1.[Cl-].[Cl-]. The summed E-state index contributed by atoms with van der Waals surface area (Å²) in [6.45, 7) is 0. The average Bonchev–Trinajstić information content (AvgIpc) is 2.61. The molecule has 2 rings (SSSR count). The molecule has 0 bridgehead atoms. The van der Waals surface area contributed by atoms with Crippen LogP contribution in [0.5, 0.6) is 34.5 Å². The van der Waals surface area contributed by atoms with Gasteiger partial charge in [0, 0.05) is 0 Å². The predicted octanol–water partition coefficient (Wildman–Crippen LogP) is -2.90. The number of ether oxygens (including phenoxy) is 4. The smallest absolute Gasteiger partial charge is 1.00 e. The Kier molecular flexibility index (Phi) is 11.3. The molecule has 0 saturated heterocycles. The van der Waals surface area contributed by atoms with Crippen LogP contribution in [0.2, 0.25) is 0 Å². The zero-order valence-corrected chi connectivity index (χ0v) is 17.2. The Balaban J connectivity index is 0.00000288. The first-order chi connectivity index (χ1) is 11.2. The summed E-state index contributed by atoms with van der Waals surface area (Å²) in [6, 6.07) is 10.7. The van der Waals surface area contributed by atoms with Gasteiger partial charge in [-0.15, -0.1) is 0 Å². The Hall–Kier alpha value is -1.47. The van der Waals surface area contributed by atoms with Crippen LogP contribution in [0.15, 0.2) is 36.4 Å². The Morgan fingerprint density at radius 3 is 1.28 bits per heavy atom. The van der Waals surface area contributed by atoms with Crippen molar-refractivity contribution >= 4 is 0 Å². The molecule has 0 unspecified atom stereocenters. The molecule has 0 radical (unpaired) electrons. The van der Waals surface area contributed by atoms with Crippen molar-refractivity contribution in [3.63, 3.8) is 0 Å². The normalized spacial score (nSPS) is 8.80. The number of methoxy groups -OCH3 is 4. The van der Waals surface area contributed by atoms with Crippen LogP contribution in [0.4, 0.5) is 0 Å². The van der Waals surface area contributed by atoms with Gasteiger partial charge in [0.1, 0.15) is 0 Å². The summed E-state index contributed by atoms with van der Waals surface area (Å²) in [6.07, 6.45) is 0. The van der Waals surface area contributed by atoms with E-state index in [1.54, 1.807) is 64.8 Å². The molecule has 0 heterocycles. The number of rotatable bonds is 8.